The molecule has 0 saturated heterocycles. The van der Waals surface area contributed by atoms with Crippen LogP contribution in [0.1, 0.15) is 31.2 Å². The van der Waals surface area contributed by atoms with Crippen molar-refractivity contribution in [3.05, 3.63) is 71.9 Å². The molecule has 1 heterocycles. The van der Waals surface area contributed by atoms with Gasteiger partial charge in [0.15, 0.2) is 0 Å². The van der Waals surface area contributed by atoms with Crippen LogP contribution in [0.15, 0.2) is 59.1 Å². The molecule has 7 nitrogen and oxygen atoms in total. The highest BCUT2D eigenvalue weighted by atomic mass is 19.1. The molecule has 0 aliphatic carbocycles. The first kappa shape index (κ1) is 22.1. The predicted octanol–water partition coefficient (Wildman–Crippen LogP) is 3.49. The second kappa shape index (κ2) is 11.0. The van der Waals surface area contributed by atoms with E-state index >= 15 is 0 Å². The summed E-state index contributed by atoms with van der Waals surface area (Å²) in [5.41, 5.74) is 1.58. The third-order valence-electron chi connectivity index (χ3n) is 4.55. The van der Waals surface area contributed by atoms with Crippen LogP contribution in [0.5, 0.6) is 0 Å². The molecule has 0 radical (unpaired) electrons. The van der Waals surface area contributed by atoms with Gasteiger partial charge in [0.05, 0.1) is 6.61 Å². The highest BCUT2D eigenvalue weighted by Crippen LogP contribution is 2.17. The summed E-state index contributed by atoms with van der Waals surface area (Å²) in [5, 5.41) is 6.64. The third-order valence-corrected chi connectivity index (χ3v) is 4.55. The minimum absolute atomic E-state index is 0.193. The Morgan fingerprint density at radius 3 is 2.58 bits per heavy atom. The molecule has 0 spiro atoms. The number of amides is 1. The lowest BCUT2D eigenvalue weighted by molar-refractivity contribution is -0.147. The van der Waals surface area contributed by atoms with Crippen LogP contribution in [0.3, 0.4) is 0 Å². The molecule has 0 saturated carbocycles. The lowest BCUT2D eigenvalue weighted by atomic mass is 10.1. The molecule has 1 N–H and O–H groups in total. The van der Waals surface area contributed by atoms with Crippen molar-refractivity contribution in [1.29, 1.82) is 0 Å². The van der Waals surface area contributed by atoms with Crippen LogP contribution in [0.25, 0.3) is 11.4 Å². The van der Waals surface area contributed by atoms with Gasteiger partial charge < -0.3 is 14.6 Å². The standard InChI is InChI=1S/C23H24FN3O4/c1-2-30-23(29)19(15-16-7-4-3-5-8-16)25-20(28)9-6-10-21-26-22(27-31-21)17-11-13-18(24)14-12-17/h3-5,7-8,11-14,19H,2,6,9-10,15H2,1H3,(H,25,28). The minimum atomic E-state index is -0.747. The van der Waals surface area contributed by atoms with E-state index in [1.807, 2.05) is 30.3 Å². The maximum atomic E-state index is 13.0. The zero-order valence-electron chi connectivity index (χ0n) is 17.2. The van der Waals surface area contributed by atoms with E-state index < -0.39 is 12.0 Å². The Kier molecular flexibility index (Phi) is 7.86. The second-order valence-corrected chi connectivity index (χ2v) is 6.93. The predicted molar refractivity (Wildman–Crippen MR) is 111 cm³/mol. The molecule has 1 aromatic heterocycles. The maximum absolute atomic E-state index is 13.0. The van der Waals surface area contributed by atoms with Crippen molar-refractivity contribution in [3.63, 3.8) is 0 Å². The molecule has 0 aliphatic rings. The fourth-order valence-electron chi connectivity index (χ4n) is 3.03. The Hall–Kier alpha value is -3.55. The van der Waals surface area contributed by atoms with E-state index in [4.69, 9.17) is 9.26 Å². The van der Waals surface area contributed by atoms with E-state index in [9.17, 15) is 14.0 Å². The number of carbonyl (C=O) groups is 2. The van der Waals surface area contributed by atoms with Crippen LogP contribution in [-0.2, 0) is 27.2 Å². The van der Waals surface area contributed by atoms with Crippen LogP contribution < -0.4 is 5.32 Å². The van der Waals surface area contributed by atoms with Gasteiger partial charge in [0.2, 0.25) is 17.6 Å². The maximum Gasteiger partial charge on any atom is 0.328 e. The highest BCUT2D eigenvalue weighted by Gasteiger charge is 2.22. The quantitative estimate of drug-likeness (QED) is 0.500. The number of halogens is 1. The van der Waals surface area contributed by atoms with Crippen LogP contribution in [0.2, 0.25) is 0 Å². The summed E-state index contributed by atoms with van der Waals surface area (Å²) in [4.78, 5) is 28.9. The van der Waals surface area contributed by atoms with E-state index in [2.05, 4.69) is 15.5 Å². The first-order valence-electron chi connectivity index (χ1n) is 10.1. The monoisotopic (exact) mass is 425 g/mol. The minimum Gasteiger partial charge on any atom is -0.464 e. The number of hydrogen-bond donors (Lipinski definition) is 1. The number of nitrogens with zero attached hydrogens (tertiary/aromatic N) is 2. The molecular formula is C23H24FN3O4. The zero-order valence-corrected chi connectivity index (χ0v) is 17.2. The van der Waals surface area contributed by atoms with Gasteiger partial charge in [-0.2, -0.15) is 4.98 Å². The topological polar surface area (TPSA) is 94.3 Å². The lowest BCUT2D eigenvalue weighted by Crippen LogP contribution is -2.43. The van der Waals surface area contributed by atoms with Crippen molar-refractivity contribution >= 4 is 11.9 Å². The van der Waals surface area contributed by atoms with Crippen molar-refractivity contribution in [2.45, 2.75) is 38.6 Å². The molecule has 162 valence electrons. The van der Waals surface area contributed by atoms with Gasteiger partial charge in [-0.25, -0.2) is 9.18 Å². The highest BCUT2D eigenvalue weighted by molar-refractivity contribution is 5.84. The molecule has 1 atom stereocenters. The average Bonchev–Trinajstić information content (AvgIpc) is 3.23. The summed E-state index contributed by atoms with van der Waals surface area (Å²) in [6.07, 6.45) is 1.43. The van der Waals surface area contributed by atoms with Crippen molar-refractivity contribution in [2.24, 2.45) is 0 Å². The van der Waals surface area contributed by atoms with Crippen molar-refractivity contribution in [1.82, 2.24) is 15.5 Å². The van der Waals surface area contributed by atoms with E-state index in [0.717, 1.165) is 5.56 Å². The SMILES string of the molecule is CCOC(=O)C(Cc1ccccc1)NC(=O)CCCc1nc(-c2ccc(F)cc2)no1. The van der Waals surface area contributed by atoms with Gasteiger partial charge in [-0.3, -0.25) is 4.79 Å². The van der Waals surface area contributed by atoms with Gasteiger partial charge in [-0.15, -0.1) is 0 Å². The summed E-state index contributed by atoms with van der Waals surface area (Å²) < 4.78 is 23.3. The number of rotatable bonds is 10. The van der Waals surface area contributed by atoms with Gasteiger partial charge >= 0.3 is 5.97 Å². The normalized spacial score (nSPS) is 11.7. The first-order valence-corrected chi connectivity index (χ1v) is 10.1. The zero-order chi connectivity index (χ0) is 22.1. The Morgan fingerprint density at radius 1 is 1.13 bits per heavy atom. The molecule has 31 heavy (non-hydrogen) atoms. The van der Waals surface area contributed by atoms with Gasteiger partial charge in [-0.1, -0.05) is 35.5 Å². The number of hydrogen-bond acceptors (Lipinski definition) is 6. The summed E-state index contributed by atoms with van der Waals surface area (Å²) in [7, 11) is 0. The number of carbonyl (C=O) groups excluding carboxylic acids is 2. The molecule has 0 bridgehead atoms. The molecule has 0 aliphatic heterocycles. The molecule has 2 aromatic carbocycles. The summed E-state index contributed by atoms with van der Waals surface area (Å²) in [6, 6.07) is 14.5. The van der Waals surface area contributed by atoms with Crippen LogP contribution in [-0.4, -0.2) is 34.7 Å². The first-order chi connectivity index (χ1) is 15.0. The van der Waals surface area contributed by atoms with Crippen LogP contribution in [0.4, 0.5) is 4.39 Å². The van der Waals surface area contributed by atoms with E-state index in [1.54, 1.807) is 19.1 Å². The smallest absolute Gasteiger partial charge is 0.328 e. The number of benzene rings is 2. The van der Waals surface area contributed by atoms with Gasteiger partial charge in [0.1, 0.15) is 11.9 Å². The van der Waals surface area contributed by atoms with Crippen molar-refractivity contribution < 1.29 is 23.2 Å². The van der Waals surface area contributed by atoms with Crippen molar-refractivity contribution in [2.75, 3.05) is 6.61 Å². The van der Waals surface area contributed by atoms with Gasteiger partial charge in [0, 0.05) is 24.8 Å². The summed E-state index contributed by atoms with van der Waals surface area (Å²) >= 11 is 0. The average molecular weight is 425 g/mol. The molecule has 3 rings (SSSR count). The fraction of sp³-hybridized carbons (Fsp3) is 0.304. The summed E-state index contributed by atoms with van der Waals surface area (Å²) in [6.45, 7) is 1.97. The molecule has 1 amide bonds. The molecule has 3 aromatic rings. The second-order valence-electron chi connectivity index (χ2n) is 6.93. The van der Waals surface area contributed by atoms with Gasteiger partial charge in [0.25, 0.3) is 0 Å². The number of nitrogens with one attached hydrogen (secondary N) is 1. The van der Waals surface area contributed by atoms with Crippen LogP contribution >= 0.6 is 0 Å². The Morgan fingerprint density at radius 2 is 1.87 bits per heavy atom. The summed E-state index contributed by atoms with van der Waals surface area (Å²) in [5.74, 6) is -0.303. The number of aryl methyl sites for hydroxylation is 1. The molecular weight excluding hydrogens is 401 g/mol. The third kappa shape index (κ3) is 6.74. The van der Waals surface area contributed by atoms with E-state index in [0.29, 0.717) is 36.5 Å². The Balaban J connectivity index is 1.50. The molecule has 0 fully saturated rings. The van der Waals surface area contributed by atoms with E-state index in [-0.39, 0.29) is 24.8 Å². The fourth-order valence-corrected chi connectivity index (χ4v) is 3.03. The number of esters is 1. The number of ether oxygens (including phenoxy) is 1. The largest absolute Gasteiger partial charge is 0.464 e. The molecule has 8 heteroatoms. The molecule has 1 unspecified atom stereocenters. The number of aromatic nitrogens is 2. The lowest BCUT2D eigenvalue weighted by Gasteiger charge is -2.17. The van der Waals surface area contributed by atoms with Crippen LogP contribution in [0, 0.1) is 5.82 Å². The van der Waals surface area contributed by atoms with Crippen molar-refractivity contribution in [3.8, 4) is 11.4 Å². The van der Waals surface area contributed by atoms with Gasteiger partial charge in [-0.05, 0) is 43.2 Å². The Labute approximate surface area is 179 Å². The Bertz CT molecular complexity index is 990. The van der Waals surface area contributed by atoms with E-state index in [1.165, 1.54) is 12.1 Å².